The van der Waals surface area contributed by atoms with Crippen LogP contribution in [-0.2, 0) is 16.6 Å². The maximum absolute atomic E-state index is 14.0. The Morgan fingerprint density at radius 2 is 1.81 bits per heavy atom. The van der Waals surface area contributed by atoms with Gasteiger partial charge in [0.25, 0.3) is 6.43 Å². The molecule has 1 aliphatic heterocycles. The van der Waals surface area contributed by atoms with E-state index in [4.69, 9.17) is 4.74 Å². The third-order valence-electron chi connectivity index (χ3n) is 8.48. The van der Waals surface area contributed by atoms with Gasteiger partial charge in [-0.2, -0.15) is 4.31 Å². The van der Waals surface area contributed by atoms with Crippen molar-refractivity contribution in [2.24, 2.45) is 5.41 Å². The third kappa shape index (κ3) is 4.86. The molecule has 1 aliphatic carbocycles. The third-order valence-corrected chi connectivity index (χ3v) is 10.3. The Hall–Kier alpha value is -3.44. The van der Waals surface area contributed by atoms with Gasteiger partial charge in [0.05, 0.1) is 6.54 Å². The summed E-state index contributed by atoms with van der Waals surface area (Å²) >= 11 is 0. The monoisotopic (exact) mass is 595 g/mol. The second kappa shape index (κ2) is 9.80. The number of fused-ring (bicyclic) bond motifs is 2. The Labute approximate surface area is 244 Å². The van der Waals surface area contributed by atoms with Crippen LogP contribution in [-0.4, -0.2) is 44.5 Å². The smallest absolute Gasteiger partial charge is 0.297 e. The lowest BCUT2D eigenvalue weighted by molar-refractivity contribution is 0.139. The van der Waals surface area contributed by atoms with Crippen LogP contribution in [0.25, 0.3) is 5.65 Å². The van der Waals surface area contributed by atoms with Crippen molar-refractivity contribution < 1.29 is 21.9 Å². The van der Waals surface area contributed by atoms with Gasteiger partial charge in [-0.15, -0.1) is 10.2 Å². The van der Waals surface area contributed by atoms with Gasteiger partial charge in [0.2, 0.25) is 21.7 Å². The molecule has 6 rings (SSSR count). The first-order valence-electron chi connectivity index (χ1n) is 14.1. The highest BCUT2D eigenvalue weighted by molar-refractivity contribution is 7.89. The zero-order valence-corrected chi connectivity index (χ0v) is 25.5. The maximum Gasteiger partial charge on any atom is 0.297 e. The molecule has 4 heterocycles. The first-order chi connectivity index (χ1) is 19.7. The van der Waals surface area contributed by atoms with Crippen LogP contribution in [0.5, 0.6) is 5.88 Å². The van der Waals surface area contributed by atoms with Crippen LogP contribution in [0.3, 0.4) is 0 Å². The lowest BCUT2D eigenvalue weighted by Crippen LogP contribution is -2.38. The van der Waals surface area contributed by atoms with Crippen molar-refractivity contribution in [3.05, 3.63) is 81.9 Å². The van der Waals surface area contributed by atoms with Crippen molar-refractivity contribution in [1.29, 1.82) is 0 Å². The summed E-state index contributed by atoms with van der Waals surface area (Å²) in [6.45, 7) is 12.5. The zero-order valence-electron chi connectivity index (χ0n) is 24.6. The minimum atomic E-state index is -3.87. The molecule has 42 heavy (non-hydrogen) atoms. The van der Waals surface area contributed by atoms with Gasteiger partial charge in [-0.3, -0.25) is 4.40 Å². The minimum absolute atomic E-state index is 0.105. The molecule has 0 radical (unpaired) electrons. The highest BCUT2D eigenvalue weighted by Crippen LogP contribution is 2.47. The van der Waals surface area contributed by atoms with Gasteiger partial charge in [0, 0.05) is 24.9 Å². The number of nitrogens with zero attached hydrogens (tertiary/aromatic N) is 5. The molecule has 8 nitrogen and oxygen atoms in total. The van der Waals surface area contributed by atoms with E-state index in [0.29, 0.717) is 5.65 Å². The topological polar surface area (TPSA) is 89.7 Å². The summed E-state index contributed by atoms with van der Waals surface area (Å²) in [6, 6.07) is 9.68. The molecule has 2 aliphatic rings. The highest BCUT2D eigenvalue weighted by Gasteiger charge is 2.52. The summed E-state index contributed by atoms with van der Waals surface area (Å²) in [6.07, 6.45) is 2.06. The van der Waals surface area contributed by atoms with Crippen molar-refractivity contribution in [1.82, 2.24) is 23.9 Å². The summed E-state index contributed by atoms with van der Waals surface area (Å²) in [7, 11) is -3.87. The van der Waals surface area contributed by atoms with E-state index in [1.807, 2.05) is 32.9 Å². The average Bonchev–Trinajstić information content (AvgIpc) is 3.53. The molecule has 3 aromatic heterocycles. The summed E-state index contributed by atoms with van der Waals surface area (Å²) in [5, 5.41) is 7.81. The number of pyridine rings is 2. The Kier molecular flexibility index (Phi) is 6.69. The number of hydrogen-bond acceptors (Lipinski definition) is 6. The standard InChI is InChI=1S/C31H35F2N5O3S/c1-18-13-24-29(34-15-18)41-31(10-11-31)17-37(42(24,39)40)16-22-14-21(8-7-19(22)2)25(30(4,5)6)23-9-12-38-27(20(23)3)35-36-28(38)26(32)33/h7-9,12-15,25-26H,10-11,16-17H2,1-6H3. The van der Waals surface area contributed by atoms with E-state index in [-0.39, 0.29) is 41.0 Å². The van der Waals surface area contributed by atoms with Gasteiger partial charge >= 0.3 is 0 Å². The lowest BCUT2D eigenvalue weighted by atomic mass is 9.71. The van der Waals surface area contributed by atoms with E-state index in [9.17, 15) is 17.2 Å². The number of halogens is 2. The fraction of sp³-hybridized carbons (Fsp3) is 0.452. The van der Waals surface area contributed by atoms with E-state index in [1.54, 1.807) is 18.5 Å². The van der Waals surface area contributed by atoms with Crippen LogP contribution < -0.4 is 4.74 Å². The Bertz CT molecular complexity index is 1810. The van der Waals surface area contributed by atoms with E-state index in [1.165, 1.54) is 8.71 Å². The summed E-state index contributed by atoms with van der Waals surface area (Å²) in [5.74, 6) is -0.333. The molecular formula is C31H35F2N5O3S. The van der Waals surface area contributed by atoms with E-state index in [2.05, 4.69) is 48.1 Å². The van der Waals surface area contributed by atoms with Crippen LogP contribution in [0.2, 0.25) is 0 Å². The molecule has 1 atom stereocenters. The first kappa shape index (κ1) is 28.7. The predicted octanol–water partition coefficient (Wildman–Crippen LogP) is 6.28. The van der Waals surface area contributed by atoms with Crippen molar-refractivity contribution in [2.75, 3.05) is 6.54 Å². The molecule has 0 saturated heterocycles. The van der Waals surface area contributed by atoms with E-state index < -0.39 is 22.0 Å². The van der Waals surface area contributed by atoms with Crippen LogP contribution >= 0.6 is 0 Å². The normalized spacial score (nSPS) is 18.6. The summed E-state index contributed by atoms with van der Waals surface area (Å²) in [4.78, 5) is 4.43. The molecule has 0 amide bonds. The van der Waals surface area contributed by atoms with E-state index >= 15 is 0 Å². The van der Waals surface area contributed by atoms with Crippen LogP contribution in [0.1, 0.15) is 85.2 Å². The van der Waals surface area contributed by atoms with Gasteiger partial charge in [-0.25, -0.2) is 22.2 Å². The number of aryl methyl sites for hydroxylation is 3. The number of ether oxygens (including phenoxy) is 1. The molecule has 4 aromatic rings. The van der Waals surface area contributed by atoms with Gasteiger partial charge in [0.1, 0.15) is 10.5 Å². The quantitative estimate of drug-likeness (QED) is 0.270. The lowest BCUT2D eigenvalue weighted by Gasteiger charge is -2.33. The molecule has 1 fully saturated rings. The van der Waals surface area contributed by atoms with Crippen LogP contribution in [0.4, 0.5) is 8.78 Å². The van der Waals surface area contributed by atoms with Crippen LogP contribution in [0.15, 0.2) is 47.6 Å². The second-order valence-corrected chi connectivity index (χ2v) is 14.7. The number of sulfonamides is 1. The maximum atomic E-state index is 14.0. The SMILES string of the molecule is Cc1cnc2c(c1)S(=O)(=O)N(Cc1cc(C(c3ccn4c(C(F)F)nnc4c3C)C(C)(C)C)ccc1C)CC1(CC1)O2. The van der Waals surface area contributed by atoms with E-state index in [0.717, 1.165) is 46.2 Å². The average molecular weight is 596 g/mol. The summed E-state index contributed by atoms with van der Waals surface area (Å²) in [5.41, 5.74) is 4.95. The largest absolute Gasteiger partial charge is 0.469 e. The second-order valence-electron chi connectivity index (χ2n) is 12.8. The molecule has 222 valence electrons. The highest BCUT2D eigenvalue weighted by atomic mass is 32.2. The number of aromatic nitrogens is 4. The van der Waals surface area contributed by atoms with Gasteiger partial charge in [-0.05, 0) is 84.5 Å². The van der Waals surface area contributed by atoms with Crippen molar-refractivity contribution in [3.63, 3.8) is 0 Å². The fourth-order valence-electron chi connectivity index (χ4n) is 6.07. The number of alkyl halides is 2. The van der Waals surface area contributed by atoms with Crippen LogP contribution in [0, 0.1) is 26.2 Å². The van der Waals surface area contributed by atoms with Crippen molar-refractivity contribution in [3.8, 4) is 5.88 Å². The predicted molar refractivity (Wildman–Crippen MR) is 154 cm³/mol. The molecule has 1 unspecified atom stereocenters. The Morgan fingerprint density at radius 3 is 2.48 bits per heavy atom. The Balaban J connectivity index is 1.42. The molecule has 1 spiro atoms. The van der Waals surface area contributed by atoms with Gasteiger partial charge in [0.15, 0.2) is 5.65 Å². The first-order valence-corrected chi connectivity index (χ1v) is 15.5. The van der Waals surface area contributed by atoms with Gasteiger partial charge in [-0.1, -0.05) is 39.0 Å². The molecule has 1 saturated carbocycles. The number of rotatable bonds is 5. The molecule has 1 aromatic carbocycles. The number of hydrogen-bond donors (Lipinski definition) is 0. The molecule has 0 bridgehead atoms. The van der Waals surface area contributed by atoms with Gasteiger partial charge < -0.3 is 4.74 Å². The molecule has 0 N–H and O–H groups in total. The fourth-order valence-corrected chi connectivity index (χ4v) is 7.71. The Morgan fingerprint density at radius 1 is 1.07 bits per heavy atom. The number of benzene rings is 1. The minimum Gasteiger partial charge on any atom is -0.469 e. The summed E-state index contributed by atoms with van der Waals surface area (Å²) < 4.78 is 64.0. The van der Waals surface area contributed by atoms with Crippen molar-refractivity contribution >= 4 is 15.7 Å². The van der Waals surface area contributed by atoms with Crippen molar-refractivity contribution in [2.45, 2.75) is 83.8 Å². The molecular weight excluding hydrogens is 560 g/mol. The zero-order chi connectivity index (χ0) is 30.2. The molecule has 11 heteroatoms.